The zero-order valence-electron chi connectivity index (χ0n) is 11.2. The summed E-state index contributed by atoms with van der Waals surface area (Å²) in [6, 6.07) is 5.12. The molecule has 2 nitrogen and oxygen atoms in total. The Labute approximate surface area is 103 Å². The zero-order chi connectivity index (χ0) is 13.1. The maximum absolute atomic E-state index is 13.0. The first-order valence-corrected chi connectivity index (χ1v) is 6.12. The monoisotopic (exact) mass is 238 g/mol. The molecular weight excluding hydrogens is 215 g/mol. The minimum atomic E-state index is -0.182. The molecule has 1 aromatic rings. The van der Waals surface area contributed by atoms with E-state index in [-0.39, 0.29) is 17.3 Å². The summed E-state index contributed by atoms with van der Waals surface area (Å²) in [6.45, 7) is 8.47. The van der Waals surface area contributed by atoms with Gasteiger partial charge >= 0.3 is 0 Å². The van der Waals surface area contributed by atoms with Crippen LogP contribution in [0.25, 0.3) is 0 Å². The second-order valence-electron chi connectivity index (χ2n) is 5.34. The number of benzene rings is 1. The number of rotatable bonds is 5. The van der Waals surface area contributed by atoms with Crippen molar-refractivity contribution in [2.45, 2.75) is 46.6 Å². The first kappa shape index (κ1) is 14.1. The molecule has 0 heterocycles. The van der Waals surface area contributed by atoms with Gasteiger partial charge in [-0.2, -0.15) is 0 Å². The van der Waals surface area contributed by atoms with Crippen LogP contribution in [0, 0.1) is 18.2 Å². The Morgan fingerprint density at radius 2 is 2.06 bits per heavy atom. The third kappa shape index (κ3) is 3.51. The van der Waals surface area contributed by atoms with Gasteiger partial charge in [0.25, 0.3) is 0 Å². The van der Waals surface area contributed by atoms with Crippen LogP contribution in [-0.2, 0) is 6.42 Å². The lowest BCUT2D eigenvalue weighted by atomic mass is 9.79. The van der Waals surface area contributed by atoms with E-state index < -0.39 is 0 Å². The van der Waals surface area contributed by atoms with Gasteiger partial charge in [0.1, 0.15) is 5.82 Å². The SMILES string of the molecule is CCC(C)(C)C(Cc1ccc(F)cc1C)NN. The van der Waals surface area contributed by atoms with Gasteiger partial charge in [-0.25, -0.2) is 4.39 Å². The highest BCUT2D eigenvalue weighted by Crippen LogP contribution is 2.27. The Morgan fingerprint density at radius 3 is 2.53 bits per heavy atom. The number of hydrogen-bond donors (Lipinski definition) is 2. The molecule has 0 amide bonds. The van der Waals surface area contributed by atoms with Gasteiger partial charge in [0, 0.05) is 6.04 Å². The van der Waals surface area contributed by atoms with E-state index in [0.717, 1.165) is 24.0 Å². The topological polar surface area (TPSA) is 38.0 Å². The van der Waals surface area contributed by atoms with Crippen molar-refractivity contribution in [3.63, 3.8) is 0 Å². The Hall–Kier alpha value is -0.930. The highest BCUT2D eigenvalue weighted by Gasteiger charge is 2.27. The molecule has 0 aliphatic heterocycles. The van der Waals surface area contributed by atoms with E-state index in [1.165, 1.54) is 6.07 Å². The summed E-state index contributed by atoms with van der Waals surface area (Å²) in [4.78, 5) is 0. The lowest BCUT2D eigenvalue weighted by molar-refractivity contribution is 0.231. The molecule has 96 valence electrons. The molecule has 0 bridgehead atoms. The summed E-state index contributed by atoms with van der Waals surface area (Å²) in [5.41, 5.74) is 5.14. The van der Waals surface area contributed by atoms with Gasteiger partial charge in [-0.05, 0) is 48.4 Å². The standard InChI is InChI=1S/C14H23FN2/c1-5-14(3,4)13(17-16)9-11-6-7-12(15)8-10(11)2/h6-8,13,17H,5,9,16H2,1-4H3. The number of nitrogens with one attached hydrogen (secondary N) is 1. The smallest absolute Gasteiger partial charge is 0.123 e. The average molecular weight is 238 g/mol. The van der Waals surface area contributed by atoms with Crippen LogP contribution in [0.15, 0.2) is 18.2 Å². The second-order valence-corrected chi connectivity index (χ2v) is 5.34. The number of hydrogen-bond acceptors (Lipinski definition) is 2. The van der Waals surface area contributed by atoms with Crippen molar-refractivity contribution in [2.24, 2.45) is 11.3 Å². The van der Waals surface area contributed by atoms with Crippen LogP contribution < -0.4 is 11.3 Å². The minimum Gasteiger partial charge on any atom is -0.271 e. The van der Waals surface area contributed by atoms with Crippen molar-refractivity contribution in [1.29, 1.82) is 0 Å². The highest BCUT2D eigenvalue weighted by molar-refractivity contribution is 5.27. The van der Waals surface area contributed by atoms with Crippen molar-refractivity contribution in [1.82, 2.24) is 5.43 Å². The Bertz CT molecular complexity index is 374. The van der Waals surface area contributed by atoms with E-state index >= 15 is 0 Å². The fraction of sp³-hybridized carbons (Fsp3) is 0.571. The van der Waals surface area contributed by atoms with Crippen LogP contribution in [0.4, 0.5) is 4.39 Å². The molecule has 1 rings (SSSR count). The normalized spacial score (nSPS) is 13.8. The first-order valence-electron chi connectivity index (χ1n) is 6.12. The largest absolute Gasteiger partial charge is 0.271 e. The summed E-state index contributed by atoms with van der Waals surface area (Å²) >= 11 is 0. The van der Waals surface area contributed by atoms with Gasteiger partial charge in [0.2, 0.25) is 0 Å². The molecule has 1 aromatic carbocycles. The molecule has 1 atom stereocenters. The Morgan fingerprint density at radius 1 is 1.41 bits per heavy atom. The van der Waals surface area contributed by atoms with Crippen molar-refractivity contribution in [2.75, 3.05) is 0 Å². The molecule has 0 aromatic heterocycles. The molecule has 3 N–H and O–H groups in total. The van der Waals surface area contributed by atoms with E-state index in [2.05, 4.69) is 26.2 Å². The maximum Gasteiger partial charge on any atom is 0.123 e. The van der Waals surface area contributed by atoms with Gasteiger partial charge in [-0.15, -0.1) is 0 Å². The fourth-order valence-electron chi connectivity index (χ4n) is 1.92. The quantitative estimate of drug-likeness (QED) is 0.611. The molecule has 0 spiro atoms. The average Bonchev–Trinajstić information content (AvgIpc) is 2.27. The molecule has 1 unspecified atom stereocenters. The molecule has 0 radical (unpaired) electrons. The highest BCUT2D eigenvalue weighted by atomic mass is 19.1. The molecular formula is C14H23FN2. The van der Waals surface area contributed by atoms with Crippen LogP contribution in [0.1, 0.15) is 38.3 Å². The molecule has 17 heavy (non-hydrogen) atoms. The van der Waals surface area contributed by atoms with E-state index in [1.54, 1.807) is 6.07 Å². The van der Waals surface area contributed by atoms with E-state index in [0.29, 0.717) is 0 Å². The number of aryl methyl sites for hydroxylation is 1. The number of halogens is 1. The van der Waals surface area contributed by atoms with Crippen molar-refractivity contribution in [3.05, 3.63) is 35.1 Å². The lowest BCUT2D eigenvalue weighted by Crippen LogP contribution is -2.47. The molecule has 3 heteroatoms. The van der Waals surface area contributed by atoms with Crippen molar-refractivity contribution < 1.29 is 4.39 Å². The third-order valence-corrected chi connectivity index (χ3v) is 3.78. The summed E-state index contributed by atoms with van der Waals surface area (Å²) in [7, 11) is 0. The minimum absolute atomic E-state index is 0.121. The van der Waals surface area contributed by atoms with Gasteiger partial charge in [-0.1, -0.05) is 26.8 Å². The maximum atomic E-state index is 13.0. The van der Waals surface area contributed by atoms with Gasteiger partial charge in [0.05, 0.1) is 0 Å². The lowest BCUT2D eigenvalue weighted by Gasteiger charge is -2.33. The van der Waals surface area contributed by atoms with Gasteiger partial charge in [-0.3, -0.25) is 11.3 Å². The predicted octanol–water partition coefficient (Wildman–Crippen LogP) is 2.94. The number of nitrogens with two attached hydrogens (primary N) is 1. The first-order chi connectivity index (χ1) is 7.90. The summed E-state index contributed by atoms with van der Waals surface area (Å²) < 4.78 is 13.0. The Balaban J connectivity index is 2.88. The summed E-state index contributed by atoms with van der Waals surface area (Å²) in [5, 5.41) is 0. The molecule has 0 saturated heterocycles. The van der Waals surface area contributed by atoms with E-state index in [9.17, 15) is 4.39 Å². The Kier molecular flexibility index (Phi) is 4.66. The fourth-order valence-corrected chi connectivity index (χ4v) is 1.92. The summed E-state index contributed by atoms with van der Waals surface area (Å²) in [5.74, 6) is 5.46. The van der Waals surface area contributed by atoms with Crippen LogP contribution in [-0.4, -0.2) is 6.04 Å². The van der Waals surface area contributed by atoms with Crippen LogP contribution >= 0.6 is 0 Å². The summed E-state index contributed by atoms with van der Waals surface area (Å²) in [6.07, 6.45) is 1.87. The molecule has 0 saturated carbocycles. The molecule has 0 aliphatic carbocycles. The van der Waals surface area contributed by atoms with E-state index in [1.807, 2.05) is 13.0 Å². The number of hydrazine groups is 1. The van der Waals surface area contributed by atoms with Crippen LogP contribution in [0.5, 0.6) is 0 Å². The van der Waals surface area contributed by atoms with Crippen molar-refractivity contribution in [3.8, 4) is 0 Å². The van der Waals surface area contributed by atoms with Crippen molar-refractivity contribution >= 4 is 0 Å². The third-order valence-electron chi connectivity index (χ3n) is 3.78. The zero-order valence-corrected chi connectivity index (χ0v) is 11.2. The van der Waals surface area contributed by atoms with Crippen LogP contribution in [0.2, 0.25) is 0 Å². The predicted molar refractivity (Wildman–Crippen MR) is 70.0 cm³/mol. The van der Waals surface area contributed by atoms with Gasteiger partial charge < -0.3 is 0 Å². The van der Waals surface area contributed by atoms with Crippen LogP contribution in [0.3, 0.4) is 0 Å². The van der Waals surface area contributed by atoms with Gasteiger partial charge in [0.15, 0.2) is 0 Å². The van der Waals surface area contributed by atoms with E-state index in [4.69, 9.17) is 5.84 Å². The molecule has 0 fully saturated rings. The molecule has 0 aliphatic rings. The second kappa shape index (κ2) is 5.61.